The molecular weight excluding hydrogens is 455 g/mol. The average Bonchev–Trinajstić information content (AvgIpc) is 3.40. The molecule has 1 aliphatic heterocycles. The van der Waals surface area contributed by atoms with Gasteiger partial charge in [-0.05, 0) is 24.6 Å². The monoisotopic (exact) mass is 478 g/mol. The number of fused-ring (bicyclic) bond motifs is 3. The van der Waals surface area contributed by atoms with Gasteiger partial charge in [0, 0.05) is 45.1 Å². The van der Waals surface area contributed by atoms with Crippen LogP contribution in [0.2, 0.25) is 0 Å². The summed E-state index contributed by atoms with van der Waals surface area (Å²) in [5.41, 5.74) is 5.95. The van der Waals surface area contributed by atoms with E-state index in [0.717, 1.165) is 27.7 Å². The van der Waals surface area contributed by atoms with Gasteiger partial charge < -0.3 is 14.6 Å². The van der Waals surface area contributed by atoms with Crippen LogP contribution in [-0.4, -0.2) is 23.4 Å². The number of nitrogens with zero attached hydrogens (tertiary/aromatic N) is 1. The molecule has 1 aliphatic carbocycles. The summed E-state index contributed by atoms with van der Waals surface area (Å²) in [7, 11) is 1.34. The molecule has 0 unspecified atom stereocenters. The number of Topliss-reactive ketones (excluding diaryl/α,β-unsaturated/α-hetero) is 1. The van der Waals surface area contributed by atoms with E-state index in [1.54, 1.807) is 12.1 Å². The molecule has 6 heteroatoms. The third kappa shape index (κ3) is 3.22. The number of carbonyl (C=O) groups excluding carboxylic acids is 2. The van der Waals surface area contributed by atoms with Gasteiger partial charge in [-0.15, -0.1) is 0 Å². The normalized spacial score (nSPS) is 16.8. The molecule has 5 nitrogen and oxygen atoms in total. The van der Waals surface area contributed by atoms with Gasteiger partial charge in [0.2, 0.25) is 0 Å². The summed E-state index contributed by atoms with van der Waals surface area (Å²) < 4.78 is 21.7. The van der Waals surface area contributed by atoms with Gasteiger partial charge in [0.15, 0.2) is 5.78 Å². The second-order valence-corrected chi connectivity index (χ2v) is 9.07. The van der Waals surface area contributed by atoms with Gasteiger partial charge in [-0.3, -0.25) is 4.79 Å². The standard InChI is InChI=1S/C30H23FN2O3/c1-17-25(30(35)36-2)26(27-28(32-17)20-11-4-5-12-21(20)29(27)34)22-16-33(24-14-8-6-10-19(22)24)15-18-9-3-7-13-23(18)31/h3-14,16,26,32H,15H2,1-2H3/t26-/m1/s1. The molecule has 2 heterocycles. The van der Waals surface area contributed by atoms with Crippen LogP contribution < -0.4 is 5.32 Å². The summed E-state index contributed by atoms with van der Waals surface area (Å²) in [6, 6.07) is 21.9. The van der Waals surface area contributed by atoms with E-state index in [9.17, 15) is 14.0 Å². The van der Waals surface area contributed by atoms with Crippen LogP contribution in [0.3, 0.4) is 0 Å². The zero-order valence-electron chi connectivity index (χ0n) is 19.8. The highest BCUT2D eigenvalue weighted by Gasteiger charge is 2.43. The van der Waals surface area contributed by atoms with Crippen molar-refractivity contribution in [3.8, 4) is 0 Å². The van der Waals surface area contributed by atoms with Crippen molar-refractivity contribution in [1.82, 2.24) is 9.88 Å². The summed E-state index contributed by atoms with van der Waals surface area (Å²) in [6.07, 6.45) is 1.93. The molecule has 178 valence electrons. The van der Waals surface area contributed by atoms with Gasteiger partial charge in [0.25, 0.3) is 0 Å². The Morgan fingerprint density at radius 1 is 1.00 bits per heavy atom. The number of halogens is 1. The summed E-state index contributed by atoms with van der Waals surface area (Å²) in [6.45, 7) is 2.14. The topological polar surface area (TPSA) is 60.3 Å². The van der Waals surface area contributed by atoms with Crippen LogP contribution in [0.4, 0.5) is 4.39 Å². The van der Waals surface area contributed by atoms with Crippen molar-refractivity contribution in [2.45, 2.75) is 19.4 Å². The molecule has 2 aliphatic rings. The van der Waals surface area contributed by atoms with Crippen molar-refractivity contribution in [3.05, 3.63) is 124 Å². The summed E-state index contributed by atoms with van der Waals surface area (Å²) in [5, 5.41) is 4.21. The fourth-order valence-electron chi connectivity index (χ4n) is 5.47. The molecule has 1 aromatic heterocycles. The van der Waals surface area contributed by atoms with Crippen LogP contribution in [-0.2, 0) is 16.1 Å². The number of para-hydroxylation sites is 1. The van der Waals surface area contributed by atoms with E-state index in [-0.39, 0.29) is 11.6 Å². The summed E-state index contributed by atoms with van der Waals surface area (Å²) in [4.78, 5) is 26.8. The van der Waals surface area contributed by atoms with Gasteiger partial charge >= 0.3 is 5.97 Å². The minimum Gasteiger partial charge on any atom is -0.466 e. The summed E-state index contributed by atoms with van der Waals surface area (Å²) in [5.74, 6) is -1.53. The highest BCUT2D eigenvalue weighted by atomic mass is 19.1. The highest BCUT2D eigenvalue weighted by molar-refractivity contribution is 6.23. The number of carbonyl (C=O) groups is 2. The maximum absolute atomic E-state index is 14.5. The van der Waals surface area contributed by atoms with E-state index in [0.29, 0.717) is 34.5 Å². The predicted octanol–water partition coefficient (Wildman–Crippen LogP) is 5.57. The number of nitrogens with one attached hydrogen (secondary N) is 1. The molecule has 1 N–H and O–H groups in total. The Hall–Kier alpha value is -4.45. The molecule has 0 amide bonds. The number of allylic oxidation sites excluding steroid dienone is 2. The third-order valence-corrected chi connectivity index (χ3v) is 7.08. The number of ether oxygens (including phenoxy) is 1. The van der Waals surface area contributed by atoms with E-state index in [1.165, 1.54) is 13.2 Å². The zero-order chi connectivity index (χ0) is 25.0. The SMILES string of the molecule is COC(=O)C1=C(C)NC2=C(C(=O)c3ccccc32)[C@@H]1c1cn(Cc2ccccc2F)c2ccccc12. The van der Waals surface area contributed by atoms with Crippen LogP contribution in [0.15, 0.2) is 95.8 Å². The molecule has 3 aromatic carbocycles. The first kappa shape index (κ1) is 22.0. The molecule has 1 atom stereocenters. The predicted molar refractivity (Wildman–Crippen MR) is 136 cm³/mol. The molecule has 0 saturated carbocycles. The number of methoxy groups -OCH3 is 1. The van der Waals surface area contributed by atoms with Crippen molar-refractivity contribution in [2.75, 3.05) is 7.11 Å². The quantitative estimate of drug-likeness (QED) is 0.390. The van der Waals surface area contributed by atoms with Crippen molar-refractivity contribution in [1.29, 1.82) is 0 Å². The highest BCUT2D eigenvalue weighted by Crippen LogP contribution is 2.48. The fraction of sp³-hybridized carbons (Fsp3) is 0.133. The molecule has 0 fully saturated rings. The second-order valence-electron chi connectivity index (χ2n) is 9.07. The van der Waals surface area contributed by atoms with Crippen molar-refractivity contribution >= 4 is 28.4 Å². The van der Waals surface area contributed by atoms with Gasteiger partial charge in [-0.2, -0.15) is 0 Å². The first-order valence-electron chi connectivity index (χ1n) is 11.7. The molecule has 0 bridgehead atoms. The maximum atomic E-state index is 14.5. The molecule has 6 rings (SSSR count). The first-order valence-corrected chi connectivity index (χ1v) is 11.7. The van der Waals surface area contributed by atoms with Gasteiger partial charge in [-0.25, -0.2) is 9.18 Å². The van der Waals surface area contributed by atoms with Crippen molar-refractivity contribution < 1.29 is 18.7 Å². The Kier molecular flexibility index (Phi) is 5.11. The van der Waals surface area contributed by atoms with Gasteiger partial charge in [0.05, 0.1) is 30.8 Å². The Labute approximate surface area is 207 Å². The first-order chi connectivity index (χ1) is 17.5. The van der Waals surface area contributed by atoms with E-state index in [1.807, 2.05) is 72.3 Å². The lowest BCUT2D eigenvalue weighted by molar-refractivity contribution is -0.136. The van der Waals surface area contributed by atoms with E-state index in [2.05, 4.69) is 5.32 Å². The lowest BCUT2D eigenvalue weighted by Gasteiger charge is -2.28. The lowest BCUT2D eigenvalue weighted by Crippen LogP contribution is -2.29. The van der Waals surface area contributed by atoms with Crippen LogP contribution in [0, 0.1) is 5.82 Å². The second kappa shape index (κ2) is 8.34. The number of hydrogen-bond donors (Lipinski definition) is 1. The number of rotatable bonds is 4. The molecule has 0 radical (unpaired) electrons. The Morgan fingerprint density at radius 3 is 2.47 bits per heavy atom. The summed E-state index contributed by atoms with van der Waals surface area (Å²) >= 11 is 0. The number of dihydropyridines is 1. The minimum atomic E-state index is -0.639. The van der Waals surface area contributed by atoms with Crippen LogP contribution in [0.5, 0.6) is 0 Å². The van der Waals surface area contributed by atoms with Crippen molar-refractivity contribution in [3.63, 3.8) is 0 Å². The van der Waals surface area contributed by atoms with Gasteiger partial charge in [0.1, 0.15) is 5.82 Å². The molecule has 0 saturated heterocycles. The van der Waals surface area contributed by atoms with Crippen LogP contribution in [0.1, 0.15) is 39.9 Å². The lowest BCUT2D eigenvalue weighted by atomic mass is 9.79. The number of benzene rings is 3. The van der Waals surface area contributed by atoms with E-state index in [4.69, 9.17) is 4.74 Å². The Bertz CT molecular complexity index is 1640. The molecular formula is C30H23FN2O3. The third-order valence-electron chi connectivity index (χ3n) is 7.08. The Morgan fingerprint density at radius 2 is 1.69 bits per heavy atom. The minimum absolute atomic E-state index is 0.113. The Balaban J connectivity index is 1.59. The van der Waals surface area contributed by atoms with E-state index < -0.39 is 11.9 Å². The fourth-order valence-corrected chi connectivity index (χ4v) is 5.47. The number of esters is 1. The van der Waals surface area contributed by atoms with Crippen molar-refractivity contribution in [2.24, 2.45) is 0 Å². The average molecular weight is 479 g/mol. The largest absolute Gasteiger partial charge is 0.466 e. The molecule has 36 heavy (non-hydrogen) atoms. The maximum Gasteiger partial charge on any atom is 0.336 e. The smallest absolute Gasteiger partial charge is 0.336 e. The van der Waals surface area contributed by atoms with Crippen LogP contribution >= 0.6 is 0 Å². The van der Waals surface area contributed by atoms with Gasteiger partial charge in [-0.1, -0.05) is 60.7 Å². The van der Waals surface area contributed by atoms with Crippen LogP contribution in [0.25, 0.3) is 16.6 Å². The zero-order valence-corrected chi connectivity index (χ0v) is 19.8. The number of aromatic nitrogens is 1. The number of ketones is 1. The molecule has 0 spiro atoms. The molecule has 4 aromatic rings. The number of hydrogen-bond acceptors (Lipinski definition) is 4. The van der Waals surface area contributed by atoms with E-state index >= 15 is 0 Å².